The monoisotopic (exact) mass is 701 g/mol. The van der Waals surface area contributed by atoms with Crippen LogP contribution < -0.4 is 9.46 Å². The second-order valence-electron chi connectivity index (χ2n) is 12.5. The molecule has 0 radical (unpaired) electrons. The molecule has 0 unspecified atom stereocenters. The average Bonchev–Trinajstić information content (AvgIpc) is 3.06. The third-order valence-corrected chi connectivity index (χ3v) is 11.8. The maximum Gasteiger partial charge on any atom is 0.261 e. The summed E-state index contributed by atoms with van der Waals surface area (Å²) >= 11 is 0. The van der Waals surface area contributed by atoms with E-state index in [1.165, 1.54) is 34.5 Å². The van der Waals surface area contributed by atoms with Crippen molar-refractivity contribution in [3.63, 3.8) is 0 Å². The van der Waals surface area contributed by atoms with E-state index in [-0.39, 0.29) is 52.8 Å². The third-order valence-electron chi connectivity index (χ3n) is 8.52. The molecule has 11 nitrogen and oxygen atoms in total. The molecule has 1 amide bonds. The number of fused-ring (bicyclic) bond motifs is 1. The fourth-order valence-electron chi connectivity index (χ4n) is 5.50. The zero-order valence-electron chi connectivity index (χ0n) is 28.2. The SMILES string of the molecule is Cc1ccc(S(=O)(=O)Nc2ccc3c(c2)C(=O)N([C@@H](C)CO)C[C@H](C)[C@@H](CN(C)S(=O)(=O)c2ccccc2)OCCCC[C@@H](C)O3)cc1. The first kappa shape index (κ1) is 37.3. The summed E-state index contributed by atoms with van der Waals surface area (Å²) in [4.78, 5) is 16.1. The van der Waals surface area contributed by atoms with Crippen LogP contribution in [0.1, 0.15) is 56.0 Å². The number of likely N-dealkylation sites (N-methyl/N-ethyl adjacent to an activating group) is 1. The number of hydrogen-bond acceptors (Lipinski definition) is 8. The zero-order valence-corrected chi connectivity index (χ0v) is 29.8. The number of amides is 1. The molecule has 0 bridgehead atoms. The molecule has 0 fully saturated rings. The molecule has 262 valence electrons. The topological polar surface area (TPSA) is 143 Å². The van der Waals surface area contributed by atoms with Gasteiger partial charge in [-0.25, -0.2) is 16.8 Å². The molecule has 0 aromatic heterocycles. The Morgan fingerprint density at radius 3 is 2.33 bits per heavy atom. The maximum atomic E-state index is 14.4. The van der Waals surface area contributed by atoms with Crippen molar-refractivity contribution < 1.29 is 36.2 Å². The molecule has 4 atom stereocenters. The minimum absolute atomic E-state index is 0.0506. The van der Waals surface area contributed by atoms with Crippen LogP contribution in [0.15, 0.2) is 82.6 Å². The van der Waals surface area contributed by atoms with Crippen LogP contribution in [0.4, 0.5) is 5.69 Å². The van der Waals surface area contributed by atoms with Gasteiger partial charge in [0.15, 0.2) is 0 Å². The van der Waals surface area contributed by atoms with Crippen molar-refractivity contribution in [1.82, 2.24) is 9.21 Å². The number of hydrogen-bond donors (Lipinski definition) is 2. The van der Waals surface area contributed by atoms with E-state index in [4.69, 9.17) is 9.47 Å². The lowest BCUT2D eigenvalue weighted by molar-refractivity contribution is -0.00833. The van der Waals surface area contributed by atoms with Gasteiger partial charge in [0.1, 0.15) is 5.75 Å². The van der Waals surface area contributed by atoms with Crippen molar-refractivity contribution in [3.8, 4) is 5.75 Å². The van der Waals surface area contributed by atoms with E-state index in [1.54, 1.807) is 61.5 Å². The molecule has 1 aliphatic rings. The summed E-state index contributed by atoms with van der Waals surface area (Å²) in [5.74, 6) is -0.527. The van der Waals surface area contributed by atoms with Gasteiger partial charge >= 0.3 is 0 Å². The summed E-state index contributed by atoms with van der Waals surface area (Å²) in [5, 5.41) is 10.2. The van der Waals surface area contributed by atoms with Crippen LogP contribution in [0.2, 0.25) is 0 Å². The Morgan fingerprint density at radius 2 is 1.67 bits per heavy atom. The van der Waals surface area contributed by atoms with Crippen LogP contribution in [0.25, 0.3) is 0 Å². The Balaban J connectivity index is 1.68. The Hall–Kier alpha value is -3.49. The lowest BCUT2D eigenvalue weighted by atomic mass is 10.0. The summed E-state index contributed by atoms with van der Waals surface area (Å²) in [6, 6.07) is 18.6. The number of sulfonamides is 2. The first-order valence-corrected chi connectivity index (χ1v) is 19.1. The van der Waals surface area contributed by atoms with Crippen LogP contribution in [0.5, 0.6) is 5.75 Å². The standard InChI is InChI=1S/C35H47N3O8S2/c1-25-14-17-30(18-15-25)47(41,42)36-29-16-19-33-32(21-29)35(40)38(27(3)24-39)22-26(2)34(45-20-10-9-11-28(4)46-33)23-37(5)48(43,44)31-12-7-6-8-13-31/h6-8,12-19,21,26-28,34,36,39H,9-11,20,22-24H2,1-5H3/t26-,27-,28+,34+/m0/s1. The summed E-state index contributed by atoms with van der Waals surface area (Å²) in [5.41, 5.74) is 1.23. The van der Waals surface area contributed by atoms with Crippen LogP contribution in [-0.2, 0) is 24.8 Å². The van der Waals surface area contributed by atoms with Gasteiger partial charge < -0.3 is 19.5 Å². The summed E-state index contributed by atoms with van der Waals surface area (Å²) < 4.78 is 69.5. The Morgan fingerprint density at radius 1 is 0.979 bits per heavy atom. The highest BCUT2D eigenvalue weighted by molar-refractivity contribution is 7.92. The molecule has 0 saturated carbocycles. The van der Waals surface area contributed by atoms with Crippen molar-refractivity contribution >= 4 is 31.6 Å². The van der Waals surface area contributed by atoms with Gasteiger partial charge in [-0.05, 0) is 82.5 Å². The van der Waals surface area contributed by atoms with E-state index in [2.05, 4.69) is 4.72 Å². The number of benzene rings is 3. The number of anilines is 1. The second-order valence-corrected chi connectivity index (χ2v) is 16.3. The molecular formula is C35H47N3O8S2. The molecule has 3 aromatic carbocycles. The van der Waals surface area contributed by atoms with E-state index in [0.717, 1.165) is 12.0 Å². The number of aliphatic hydroxyl groups excluding tert-OH is 1. The van der Waals surface area contributed by atoms with Crippen LogP contribution in [-0.4, -0.2) is 88.7 Å². The molecular weight excluding hydrogens is 655 g/mol. The number of rotatable bonds is 9. The van der Waals surface area contributed by atoms with Crippen LogP contribution in [0.3, 0.4) is 0 Å². The van der Waals surface area contributed by atoms with Gasteiger partial charge in [0.25, 0.3) is 15.9 Å². The summed E-state index contributed by atoms with van der Waals surface area (Å²) in [7, 11) is -6.24. The van der Waals surface area contributed by atoms with Gasteiger partial charge in [0.05, 0.1) is 40.2 Å². The van der Waals surface area contributed by atoms with Gasteiger partial charge in [-0.3, -0.25) is 9.52 Å². The van der Waals surface area contributed by atoms with Crippen LogP contribution >= 0.6 is 0 Å². The lowest BCUT2D eigenvalue weighted by Gasteiger charge is -2.35. The predicted octanol–water partition coefficient (Wildman–Crippen LogP) is 4.91. The predicted molar refractivity (Wildman–Crippen MR) is 185 cm³/mol. The zero-order chi connectivity index (χ0) is 35.1. The number of aryl methyl sites for hydroxylation is 1. The number of nitrogens with one attached hydrogen (secondary N) is 1. The Kier molecular flexibility index (Phi) is 12.7. The first-order valence-electron chi connectivity index (χ1n) is 16.2. The summed E-state index contributed by atoms with van der Waals surface area (Å²) in [6.45, 7) is 7.59. The second kappa shape index (κ2) is 16.3. The number of ether oxygens (including phenoxy) is 2. The van der Waals surface area contributed by atoms with Gasteiger partial charge in [-0.2, -0.15) is 4.31 Å². The number of carbonyl (C=O) groups excluding carboxylic acids is 1. The molecule has 0 saturated heterocycles. The molecule has 0 spiro atoms. The molecule has 48 heavy (non-hydrogen) atoms. The van der Waals surface area contributed by atoms with Gasteiger partial charge in [0, 0.05) is 38.3 Å². The minimum atomic E-state index is -3.95. The number of aliphatic hydroxyl groups is 1. The van der Waals surface area contributed by atoms with Gasteiger partial charge in [0.2, 0.25) is 10.0 Å². The van der Waals surface area contributed by atoms with E-state index in [1.807, 2.05) is 20.8 Å². The quantitative estimate of drug-likeness (QED) is 0.321. The van der Waals surface area contributed by atoms with Gasteiger partial charge in [-0.15, -0.1) is 0 Å². The average molecular weight is 702 g/mol. The van der Waals surface area contributed by atoms with E-state index < -0.39 is 38.1 Å². The molecule has 3 aromatic rings. The Bertz CT molecular complexity index is 1740. The molecule has 13 heteroatoms. The lowest BCUT2D eigenvalue weighted by Crippen LogP contribution is -2.48. The smallest absolute Gasteiger partial charge is 0.261 e. The normalized spacial score (nSPS) is 20.8. The van der Waals surface area contributed by atoms with Gasteiger partial charge in [-0.1, -0.05) is 42.8 Å². The molecule has 0 aliphatic carbocycles. The largest absolute Gasteiger partial charge is 0.490 e. The van der Waals surface area contributed by atoms with Crippen molar-refractivity contribution in [1.29, 1.82) is 0 Å². The fourth-order valence-corrected chi connectivity index (χ4v) is 7.76. The highest BCUT2D eigenvalue weighted by atomic mass is 32.2. The number of carbonyl (C=O) groups is 1. The third kappa shape index (κ3) is 9.35. The minimum Gasteiger partial charge on any atom is -0.490 e. The molecule has 1 aliphatic heterocycles. The van der Waals surface area contributed by atoms with Crippen LogP contribution in [0, 0.1) is 12.8 Å². The maximum absolute atomic E-state index is 14.4. The highest BCUT2D eigenvalue weighted by Gasteiger charge is 2.32. The molecule has 4 rings (SSSR count). The first-order chi connectivity index (χ1) is 22.7. The van der Waals surface area contributed by atoms with Crippen molar-refractivity contribution in [2.75, 3.05) is 38.1 Å². The van der Waals surface area contributed by atoms with E-state index >= 15 is 0 Å². The summed E-state index contributed by atoms with van der Waals surface area (Å²) in [6.07, 6.45) is 1.31. The number of nitrogens with zero attached hydrogens (tertiary/aromatic N) is 2. The van der Waals surface area contributed by atoms with Crippen molar-refractivity contribution in [2.45, 2.75) is 75.0 Å². The van der Waals surface area contributed by atoms with Crippen molar-refractivity contribution in [3.05, 3.63) is 83.9 Å². The van der Waals surface area contributed by atoms with E-state index in [0.29, 0.717) is 25.2 Å². The van der Waals surface area contributed by atoms with E-state index in [9.17, 15) is 26.7 Å². The molecule has 2 N–H and O–H groups in total. The Labute approximate surface area is 285 Å². The fraction of sp³-hybridized carbons (Fsp3) is 0.457. The van der Waals surface area contributed by atoms with Crippen molar-refractivity contribution in [2.24, 2.45) is 5.92 Å². The molecule has 1 heterocycles. The highest BCUT2D eigenvalue weighted by Crippen LogP contribution is 2.30.